The number of rotatable bonds is 5. The van der Waals surface area contributed by atoms with Crippen molar-refractivity contribution >= 4 is 29.2 Å². The van der Waals surface area contributed by atoms with Gasteiger partial charge in [-0.2, -0.15) is 0 Å². The fraction of sp³-hybridized carbons (Fsp3) is 0.348. The molecule has 4 rings (SSSR count). The van der Waals surface area contributed by atoms with Crippen LogP contribution < -0.4 is 10.9 Å². The van der Waals surface area contributed by atoms with E-state index in [0.29, 0.717) is 46.9 Å². The SMILES string of the molecule is CC(C)OC(=O)N1CCC(c2nc3cc(-c4ccc(N(N)C=N)cc4F)ccc3o2)CC1. The van der Waals surface area contributed by atoms with Crippen LogP contribution in [0.25, 0.3) is 22.2 Å². The number of nitrogens with zero attached hydrogens (tertiary/aromatic N) is 3. The molecule has 0 spiro atoms. The van der Waals surface area contributed by atoms with Crippen molar-refractivity contribution in [1.82, 2.24) is 9.88 Å². The average molecular weight is 439 g/mol. The van der Waals surface area contributed by atoms with Gasteiger partial charge in [-0.1, -0.05) is 6.07 Å². The summed E-state index contributed by atoms with van der Waals surface area (Å²) in [5.41, 5.74) is 2.76. The van der Waals surface area contributed by atoms with Crippen LogP contribution in [0.2, 0.25) is 0 Å². The number of carbonyl (C=O) groups is 1. The Balaban J connectivity index is 1.51. The fourth-order valence-electron chi connectivity index (χ4n) is 3.85. The van der Waals surface area contributed by atoms with Gasteiger partial charge in [0.25, 0.3) is 0 Å². The molecule has 0 saturated carbocycles. The first-order chi connectivity index (χ1) is 15.4. The topological polar surface area (TPSA) is 109 Å². The summed E-state index contributed by atoms with van der Waals surface area (Å²) in [7, 11) is 0. The normalized spacial score (nSPS) is 14.7. The van der Waals surface area contributed by atoms with Gasteiger partial charge in [0, 0.05) is 24.6 Å². The van der Waals surface area contributed by atoms with Gasteiger partial charge in [0.15, 0.2) is 11.5 Å². The van der Waals surface area contributed by atoms with Gasteiger partial charge in [0.05, 0.1) is 11.8 Å². The number of aromatic nitrogens is 1. The molecule has 0 atom stereocenters. The standard InChI is InChI=1S/C23H26FN5O3/c1-14(2)31-23(30)28-9-7-15(8-10-28)22-27-20-11-16(3-6-21(20)32-22)18-5-4-17(12-19(18)24)29(26)13-25/h3-6,11-15,25H,7-10,26H2,1-2H3. The van der Waals surface area contributed by atoms with Crippen molar-refractivity contribution in [3.63, 3.8) is 0 Å². The van der Waals surface area contributed by atoms with E-state index in [1.165, 1.54) is 6.07 Å². The van der Waals surface area contributed by atoms with Gasteiger partial charge in [0.2, 0.25) is 0 Å². The highest BCUT2D eigenvalue weighted by molar-refractivity contribution is 5.82. The molecule has 2 aromatic carbocycles. The highest BCUT2D eigenvalue weighted by atomic mass is 19.1. The number of oxazole rings is 1. The van der Waals surface area contributed by atoms with E-state index < -0.39 is 5.82 Å². The molecule has 0 bridgehead atoms. The van der Waals surface area contributed by atoms with Crippen molar-refractivity contribution in [1.29, 1.82) is 5.41 Å². The molecule has 3 aromatic rings. The lowest BCUT2D eigenvalue weighted by molar-refractivity contribution is 0.0681. The van der Waals surface area contributed by atoms with Gasteiger partial charge in [-0.25, -0.2) is 20.0 Å². The second kappa shape index (κ2) is 8.96. The Kier molecular flexibility index (Phi) is 6.09. The predicted molar refractivity (Wildman–Crippen MR) is 120 cm³/mol. The molecule has 32 heavy (non-hydrogen) atoms. The number of nitrogens with one attached hydrogen (secondary N) is 1. The summed E-state index contributed by atoms with van der Waals surface area (Å²) >= 11 is 0. The zero-order chi connectivity index (χ0) is 22.8. The Bertz CT molecular complexity index is 1140. The molecular weight excluding hydrogens is 413 g/mol. The van der Waals surface area contributed by atoms with Crippen LogP contribution in [0.5, 0.6) is 0 Å². The van der Waals surface area contributed by atoms with Crippen LogP contribution in [0, 0.1) is 11.2 Å². The van der Waals surface area contributed by atoms with Crippen molar-refractivity contribution in [3.8, 4) is 11.1 Å². The van der Waals surface area contributed by atoms with E-state index in [1.54, 1.807) is 35.2 Å². The average Bonchev–Trinajstić information content (AvgIpc) is 3.21. The van der Waals surface area contributed by atoms with Crippen LogP contribution in [0.4, 0.5) is 14.9 Å². The molecule has 8 nitrogen and oxygen atoms in total. The molecule has 0 radical (unpaired) electrons. The second-order valence-electron chi connectivity index (χ2n) is 8.13. The van der Waals surface area contributed by atoms with Crippen LogP contribution in [0.3, 0.4) is 0 Å². The molecule has 1 fully saturated rings. The number of anilines is 1. The Hall–Kier alpha value is -3.46. The Labute approximate surface area is 185 Å². The van der Waals surface area contributed by atoms with E-state index in [1.807, 2.05) is 13.8 Å². The van der Waals surface area contributed by atoms with E-state index in [-0.39, 0.29) is 18.1 Å². The Morgan fingerprint density at radius 1 is 1.31 bits per heavy atom. The first-order valence-electron chi connectivity index (χ1n) is 10.6. The zero-order valence-corrected chi connectivity index (χ0v) is 18.0. The van der Waals surface area contributed by atoms with E-state index in [9.17, 15) is 9.18 Å². The number of amides is 1. The predicted octanol–water partition coefficient (Wildman–Crippen LogP) is 4.65. The maximum absolute atomic E-state index is 14.7. The minimum Gasteiger partial charge on any atom is -0.447 e. The maximum Gasteiger partial charge on any atom is 0.410 e. The molecule has 168 valence electrons. The third-order valence-corrected chi connectivity index (χ3v) is 5.54. The summed E-state index contributed by atoms with van der Waals surface area (Å²) in [5, 5.41) is 8.21. The molecule has 1 amide bonds. The first kappa shape index (κ1) is 21.8. The third kappa shape index (κ3) is 4.43. The smallest absolute Gasteiger partial charge is 0.410 e. The van der Waals surface area contributed by atoms with E-state index in [4.69, 9.17) is 20.4 Å². The largest absolute Gasteiger partial charge is 0.447 e. The quantitative estimate of drug-likeness (QED) is 0.259. The molecule has 1 aliphatic rings. The first-order valence-corrected chi connectivity index (χ1v) is 10.6. The number of hydrogen-bond acceptors (Lipinski definition) is 6. The summed E-state index contributed by atoms with van der Waals surface area (Å²) in [6.45, 7) is 4.85. The minimum atomic E-state index is -0.441. The molecular formula is C23H26FN5O3. The number of likely N-dealkylation sites (tertiary alicyclic amines) is 1. The molecule has 0 aliphatic carbocycles. The number of halogens is 1. The molecule has 1 aliphatic heterocycles. The number of benzene rings is 2. The molecule has 1 saturated heterocycles. The number of carbonyl (C=O) groups excluding carboxylic acids is 1. The fourth-order valence-corrected chi connectivity index (χ4v) is 3.85. The summed E-state index contributed by atoms with van der Waals surface area (Å²) in [6.07, 6.45) is 1.97. The van der Waals surface area contributed by atoms with E-state index in [0.717, 1.165) is 24.2 Å². The van der Waals surface area contributed by atoms with Crippen molar-refractivity contribution in [3.05, 3.63) is 48.1 Å². The Morgan fingerprint density at radius 3 is 2.72 bits per heavy atom. The lowest BCUT2D eigenvalue weighted by Gasteiger charge is -2.30. The summed E-state index contributed by atoms with van der Waals surface area (Å²) < 4.78 is 25.9. The van der Waals surface area contributed by atoms with Gasteiger partial charge in [-0.15, -0.1) is 0 Å². The van der Waals surface area contributed by atoms with Gasteiger partial charge in [-0.05, 0) is 62.6 Å². The number of fused-ring (bicyclic) bond motifs is 1. The van der Waals surface area contributed by atoms with Crippen molar-refractivity contribution in [2.75, 3.05) is 18.1 Å². The number of hydrogen-bond donors (Lipinski definition) is 2. The number of piperidine rings is 1. The highest BCUT2D eigenvalue weighted by Crippen LogP contribution is 2.33. The highest BCUT2D eigenvalue weighted by Gasteiger charge is 2.28. The van der Waals surface area contributed by atoms with E-state index >= 15 is 0 Å². The molecule has 9 heteroatoms. The van der Waals surface area contributed by atoms with Crippen molar-refractivity contribution < 1.29 is 18.3 Å². The minimum absolute atomic E-state index is 0.113. The molecule has 1 aromatic heterocycles. The summed E-state index contributed by atoms with van der Waals surface area (Å²) in [6, 6.07) is 9.94. The monoisotopic (exact) mass is 439 g/mol. The number of ether oxygens (including phenoxy) is 1. The van der Waals surface area contributed by atoms with E-state index in [2.05, 4.69) is 4.98 Å². The molecule has 2 heterocycles. The van der Waals surface area contributed by atoms with Crippen LogP contribution in [-0.4, -0.2) is 41.5 Å². The van der Waals surface area contributed by atoms with Gasteiger partial charge < -0.3 is 14.1 Å². The van der Waals surface area contributed by atoms with Gasteiger partial charge in [0.1, 0.15) is 17.7 Å². The Morgan fingerprint density at radius 2 is 2.06 bits per heavy atom. The third-order valence-electron chi connectivity index (χ3n) is 5.54. The molecule has 3 N–H and O–H groups in total. The lowest BCUT2D eigenvalue weighted by Crippen LogP contribution is -2.39. The summed E-state index contributed by atoms with van der Waals surface area (Å²) in [4.78, 5) is 18.4. The van der Waals surface area contributed by atoms with Crippen LogP contribution in [0.15, 0.2) is 40.8 Å². The van der Waals surface area contributed by atoms with Crippen molar-refractivity contribution in [2.45, 2.75) is 38.7 Å². The van der Waals surface area contributed by atoms with Crippen LogP contribution in [0.1, 0.15) is 38.5 Å². The van der Waals surface area contributed by atoms with Crippen LogP contribution in [-0.2, 0) is 4.74 Å². The summed E-state index contributed by atoms with van der Waals surface area (Å²) in [5.74, 6) is 5.92. The zero-order valence-electron chi connectivity index (χ0n) is 18.0. The van der Waals surface area contributed by atoms with Crippen LogP contribution >= 0.6 is 0 Å². The van der Waals surface area contributed by atoms with Crippen molar-refractivity contribution in [2.24, 2.45) is 5.84 Å². The maximum atomic E-state index is 14.7. The molecule has 0 unspecified atom stereocenters. The van der Waals surface area contributed by atoms with Gasteiger partial charge in [-0.3, -0.25) is 10.4 Å². The second-order valence-corrected chi connectivity index (χ2v) is 8.13. The number of hydrazine groups is 1. The lowest BCUT2D eigenvalue weighted by atomic mass is 9.97. The number of nitrogens with two attached hydrogens (primary N) is 1. The van der Waals surface area contributed by atoms with Gasteiger partial charge >= 0.3 is 6.09 Å².